The number of carbonyl (C=O) groups is 3. The molecule has 0 aliphatic heterocycles. The second kappa shape index (κ2) is 54.7. The molecule has 0 radical (unpaired) electrons. The summed E-state index contributed by atoms with van der Waals surface area (Å²) in [6.07, 6.45) is 67.9. The number of rotatable bonds is 51. The predicted molar refractivity (Wildman–Crippen MR) is 284 cm³/mol. The van der Waals surface area contributed by atoms with Crippen LogP contribution in [0, 0.1) is 0 Å². The molecule has 0 aliphatic carbocycles. The second-order valence-electron chi connectivity index (χ2n) is 18.8. The molecule has 0 spiro atoms. The van der Waals surface area contributed by atoms with Gasteiger partial charge >= 0.3 is 17.9 Å². The van der Waals surface area contributed by atoms with Gasteiger partial charge < -0.3 is 14.2 Å². The second-order valence-corrected chi connectivity index (χ2v) is 18.8. The summed E-state index contributed by atoms with van der Waals surface area (Å²) in [5.41, 5.74) is 0. The Kier molecular flexibility index (Phi) is 52.3. The number of ether oxygens (including phenoxy) is 3. The van der Waals surface area contributed by atoms with E-state index in [0.717, 1.165) is 89.9 Å². The van der Waals surface area contributed by atoms with Gasteiger partial charge in [-0.25, -0.2) is 0 Å². The molecule has 0 heterocycles. The van der Waals surface area contributed by atoms with Gasteiger partial charge in [-0.15, -0.1) is 0 Å². The third-order valence-corrected chi connectivity index (χ3v) is 12.3. The molecule has 0 aromatic rings. The van der Waals surface area contributed by atoms with Crippen LogP contribution in [-0.2, 0) is 28.6 Å². The van der Waals surface area contributed by atoms with Crippen LogP contribution in [0.2, 0.25) is 0 Å². The fourth-order valence-corrected chi connectivity index (χ4v) is 8.02. The highest BCUT2D eigenvalue weighted by atomic mass is 16.6. The van der Waals surface area contributed by atoms with E-state index >= 15 is 0 Å². The van der Waals surface area contributed by atoms with E-state index in [9.17, 15) is 14.4 Å². The van der Waals surface area contributed by atoms with Gasteiger partial charge in [0.2, 0.25) is 0 Å². The maximum atomic E-state index is 12.8. The van der Waals surface area contributed by atoms with E-state index in [1.54, 1.807) is 0 Å². The maximum Gasteiger partial charge on any atom is 0.306 e. The topological polar surface area (TPSA) is 78.9 Å². The van der Waals surface area contributed by atoms with Gasteiger partial charge in [0.1, 0.15) is 13.2 Å². The first kappa shape index (κ1) is 63.1. The van der Waals surface area contributed by atoms with Crippen molar-refractivity contribution in [3.05, 3.63) is 60.8 Å². The van der Waals surface area contributed by atoms with Crippen LogP contribution < -0.4 is 0 Å². The standard InChI is InChI=1S/C60H106O6/c1-4-7-10-13-16-19-21-23-25-27-29-30-31-33-34-36-38-41-44-47-50-53-59(62)65-56-57(55-64-58(61)52-49-46-43-40-18-15-12-9-6-3)66-60(63)54-51-48-45-42-39-37-35-32-28-26-24-22-20-17-14-11-8-5-2/h7,10,16,19,23,25-26,28-30,57H,4-6,8-9,11-15,17-18,20-22,24,27,31-56H2,1-3H3/b10-7-,19-16-,25-23-,28-26-,30-29-. The lowest BCUT2D eigenvalue weighted by Gasteiger charge is -2.18. The van der Waals surface area contributed by atoms with Crippen molar-refractivity contribution in [1.82, 2.24) is 0 Å². The minimum Gasteiger partial charge on any atom is -0.462 e. The molecule has 0 aliphatic rings. The quantitative estimate of drug-likeness (QED) is 0.0262. The van der Waals surface area contributed by atoms with Gasteiger partial charge in [0, 0.05) is 19.3 Å². The number of unbranched alkanes of at least 4 members (excludes halogenated alkanes) is 30. The van der Waals surface area contributed by atoms with Gasteiger partial charge in [0.05, 0.1) is 0 Å². The summed E-state index contributed by atoms with van der Waals surface area (Å²) < 4.78 is 16.8. The molecule has 0 rings (SSSR count). The van der Waals surface area contributed by atoms with Crippen molar-refractivity contribution in [2.75, 3.05) is 13.2 Å². The molecule has 1 unspecified atom stereocenters. The molecule has 0 amide bonds. The molecule has 66 heavy (non-hydrogen) atoms. The van der Waals surface area contributed by atoms with Crippen LogP contribution >= 0.6 is 0 Å². The summed E-state index contributed by atoms with van der Waals surface area (Å²) >= 11 is 0. The van der Waals surface area contributed by atoms with Crippen LogP contribution in [0.15, 0.2) is 60.8 Å². The molecule has 6 nitrogen and oxygen atoms in total. The van der Waals surface area contributed by atoms with E-state index < -0.39 is 6.10 Å². The molecule has 382 valence electrons. The summed E-state index contributed by atoms with van der Waals surface area (Å²) in [6, 6.07) is 0. The third kappa shape index (κ3) is 52.1. The molecule has 0 saturated heterocycles. The normalized spacial score (nSPS) is 12.5. The smallest absolute Gasteiger partial charge is 0.306 e. The zero-order valence-corrected chi connectivity index (χ0v) is 43.7. The molecule has 0 aromatic heterocycles. The largest absolute Gasteiger partial charge is 0.462 e. The lowest BCUT2D eigenvalue weighted by Crippen LogP contribution is -2.30. The number of hydrogen-bond donors (Lipinski definition) is 0. The average Bonchev–Trinajstić information content (AvgIpc) is 3.31. The first-order chi connectivity index (χ1) is 32.5. The number of allylic oxidation sites excluding steroid dienone is 10. The number of hydrogen-bond acceptors (Lipinski definition) is 6. The molecule has 0 saturated carbocycles. The molecule has 6 heteroatoms. The van der Waals surface area contributed by atoms with E-state index in [2.05, 4.69) is 81.5 Å². The Hall–Kier alpha value is -2.89. The predicted octanol–water partition coefficient (Wildman–Crippen LogP) is 18.8. The SMILES string of the molecule is CC/C=C\C/C=C\C/C=C\C/C=C\CCCCCCCCCCC(=O)OCC(COC(=O)CCCCCCCCCCC)OC(=O)CCCCCCCCC/C=C\CCCCCCCCC. The summed E-state index contributed by atoms with van der Waals surface area (Å²) in [6.45, 7) is 6.52. The molecule has 1 atom stereocenters. The minimum absolute atomic E-state index is 0.0764. The van der Waals surface area contributed by atoms with Crippen molar-refractivity contribution in [3.8, 4) is 0 Å². The Morgan fingerprint density at radius 2 is 0.591 bits per heavy atom. The van der Waals surface area contributed by atoms with E-state index in [-0.39, 0.29) is 31.1 Å². The van der Waals surface area contributed by atoms with Crippen molar-refractivity contribution in [2.45, 2.75) is 290 Å². The van der Waals surface area contributed by atoms with E-state index in [0.29, 0.717) is 19.3 Å². The first-order valence-corrected chi connectivity index (χ1v) is 28.3. The lowest BCUT2D eigenvalue weighted by molar-refractivity contribution is -0.167. The van der Waals surface area contributed by atoms with Crippen LogP contribution in [0.1, 0.15) is 284 Å². The third-order valence-electron chi connectivity index (χ3n) is 12.3. The van der Waals surface area contributed by atoms with Gasteiger partial charge in [-0.3, -0.25) is 14.4 Å². The summed E-state index contributed by atoms with van der Waals surface area (Å²) in [4.78, 5) is 38.0. The Bertz CT molecular complexity index is 1200. The molecule has 0 aromatic carbocycles. The van der Waals surface area contributed by atoms with Crippen molar-refractivity contribution in [3.63, 3.8) is 0 Å². The van der Waals surface area contributed by atoms with Crippen molar-refractivity contribution in [1.29, 1.82) is 0 Å². The van der Waals surface area contributed by atoms with Crippen molar-refractivity contribution < 1.29 is 28.6 Å². The highest BCUT2D eigenvalue weighted by molar-refractivity contribution is 5.71. The summed E-state index contributed by atoms with van der Waals surface area (Å²) in [7, 11) is 0. The first-order valence-electron chi connectivity index (χ1n) is 28.3. The Labute approximate surface area is 409 Å². The fourth-order valence-electron chi connectivity index (χ4n) is 8.02. The Morgan fingerprint density at radius 3 is 0.939 bits per heavy atom. The Morgan fingerprint density at radius 1 is 0.318 bits per heavy atom. The molecule has 0 bridgehead atoms. The summed E-state index contributed by atoms with van der Waals surface area (Å²) in [5.74, 6) is -0.882. The van der Waals surface area contributed by atoms with Gasteiger partial charge in [-0.2, -0.15) is 0 Å². The zero-order chi connectivity index (χ0) is 47.9. The van der Waals surface area contributed by atoms with Crippen molar-refractivity contribution >= 4 is 17.9 Å². The van der Waals surface area contributed by atoms with Crippen LogP contribution in [0.4, 0.5) is 0 Å². The van der Waals surface area contributed by atoms with Gasteiger partial charge in [0.15, 0.2) is 6.10 Å². The molecular weight excluding hydrogens is 817 g/mol. The lowest BCUT2D eigenvalue weighted by atomic mass is 10.1. The van der Waals surface area contributed by atoms with Gasteiger partial charge in [-0.05, 0) is 83.5 Å². The molecule has 0 fully saturated rings. The van der Waals surface area contributed by atoms with Crippen LogP contribution in [0.5, 0.6) is 0 Å². The number of carbonyl (C=O) groups excluding carboxylic acids is 3. The van der Waals surface area contributed by atoms with Crippen molar-refractivity contribution in [2.24, 2.45) is 0 Å². The van der Waals surface area contributed by atoms with E-state index in [1.807, 2.05) is 0 Å². The highest BCUT2D eigenvalue weighted by Gasteiger charge is 2.19. The number of esters is 3. The molecular formula is C60H106O6. The van der Waals surface area contributed by atoms with Crippen LogP contribution in [0.3, 0.4) is 0 Å². The highest BCUT2D eigenvalue weighted by Crippen LogP contribution is 2.15. The zero-order valence-electron chi connectivity index (χ0n) is 43.7. The minimum atomic E-state index is -0.777. The maximum absolute atomic E-state index is 12.8. The van der Waals surface area contributed by atoms with Crippen LogP contribution in [0.25, 0.3) is 0 Å². The monoisotopic (exact) mass is 923 g/mol. The van der Waals surface area contributed by atoms with Gasteiger partial charge in [-0.1, -0.05) is 242 Å². The van der Waals surface area contributed by atoms with E-state index in [1.165, 1.54) is 154 Å². The summed E-state index contributed by atoms with van der Waals surface area (Å²) in [5, 5.41) is 0. The fraction of sp³-hybridized carbons (Fsp3) is 0.783. The van der Waals surface area contributed by atoms with Crippen LogP contribution in [-0.4, -0.2) is 37.2 Å². The Balaban J connectivity index is 4.28. The van der Waals surface area contributed by atoms with Gasteiger partial charge in [0.25, 0.3) is 0 Å². The average molecular weight is 924 g/mol. The van der Waals surface area contributed by atoms with E-state index in [4.69, 9.17) is 14.2 Å². The molecule has 0 N–H and O–H groups in total.